The van der Waals surface area contributed by atoms with Gasteiger partial charge < -0.3 is 14.6 Å². The number of nitrogens with zero attached hydrogens (tertiary/aromatic N) is 2. The summed E-state index contributed by atoms with van der Waals surface area (Å²) >= 11 is 0. The van der Waals surface area contributed by atoms with Gasteiger partial charge in [0.15, 0.2) is 5.78 Å². The monoisotopic (exact) mass is 409 g/mol. The van der Waals surface area contributed by atoms with Crippen molar-refractivity contribution in [2.75, 3.05) is 13.7 Å². The molecule has 3 amide bonds. The predicted octanol–water partition coefficient (Wildman–Crippen LogP) is 3.04. The fourth-order valence-electron chi connectivity index (χ4n) is 3.96. The Hall–Kier alpha value is -3.35. The van der Waals surface area contributed by atoms with E-state index in [4.69, 9.17) is 4.74 Å². The van der Waals surface area contributed by atoms with Crippen LogP contribution in [0.3, 0.4) is 0 Å². The first-order chi connectivity index (χ1) is 14.2. The molecule has 1 aliphatic rings. The van der Waals surface area contributed by atoms with Crippen LogP contribution < -0.4 is 10.1 Å². The number of ether oxygens (including phenoxy) is 1. The SMILES string of the molecule is C=CCn1c(C)cc(C(=O)CN2C(=O)N[C@@](C)(Cc3ccccc3OC)C2=O)c1C. The third kappa shape index (κ3) is 3.75. The van der Waals surface area contributed by atoms with Crippen LogP contribution in [-0.4, -0.2) is 46.4 Å². The molecule has 1 aromatic carbocycles. The molecule has 1 saturated heterocycles. The standard InChI is InChI=1S/C23H27N3O4/c1-6-11-25-15(2)12-18(16(25)3)19(27)14-26-21(28)23(4,24-22(26)29)13-17-9-7-8-10-20(17)30-5/h6-10,12H,1,11,13-14H2,2-5H3,(H,24,29)/t23-/m0/s1. The highest BCUT2D eigenvalue weighted by Crippen LogP contribution is 2.28. The van der Waals surface area contributed by atoms with E-state index >= 15 is 0 Å². The molecule has 0 spiro atoms. The van der Waals surface area contributed by atoms with E-state index in [1.165, 1.54) is 0 Å². The Kier molecular flexibility index (Phi) is 5.82. The molecule has 1 atom stereocenters. The lowest BCUT2D eigenvalue weighted by atomic mass is 9.92. The van der Waals surface area contributed by atoms with Crippen LogP contribution in [0, 0.1) is 13.8 Å². The molecule has 158 valence electrons. The number of nitrogens with one attached hydrogen (secondary N) is 1. The molecule has 0 radical (unpaired) electrons. The number of urea groups is 1. The van der Waals surface area contributed by atoms with Gasteiger partial charge in [0.05, 0.1) is 13.7 Å². The van der Waals surface area contributed by atoms with Gasteiger partial charge in [-0.05, 0) is 38.5 Å². The number of carbonyl (C=O) groups is 3. The van der Waals surface area contributed by atoms with Gasteiger partial charge in [-0.15, -0.1) is 6.58 Å². The van der Waals surface area contributed by atoms with Gasteiger partial charge in [-0.2, -0.15) is 0 Å². The van der Waals surface area contributed by atoms with Crippen molar-refractivity contribution in [2.45, 2.75) is 39.3 Å². The molecule has 0 unspecified atom stereocenters. The van der Waals surface area contributed by atoms with Crippen molar-refractivity contribution in [3.8, 4) is 5.75 Å². The minimum Gasteiger partial charge on any atom is -0.496 e. The number of hydrogen-bond acceptors (Lipinski definition) is 4. The molecule has 1 fully saturated rings. The van der Waals surface area contributed by atoms with Crippen LogP contribution in [0.1, 0.15) is 34.2 Å². The summed E-state index contributed by atoms with van der Waals surface area (Å²) in [6, 6.07) is 8.57. The molecule has 1 aliphatic heterocycles. The average molecular weight is 409 g/mol. The number of hydrogen-bond donors (Lipinski definition) is 1. The van der Waals surface area contributed by atoms with Crippen LogP contribution in [0.15, 0.2) is 43.0 Å². The van der Waals surface area contributed by atoms with Crippen LogP contribution in [-0.2, 0) is 17.8 Å². The van der Waals surface area contributed by atoms with Gasteiger partial charge in [0.1, 0.15) is 11.3 Å². The summed E-state index contributed by atoms with van der Waals surface area (Å²) in [6.07, 6.45) is 2.02. The van der Waals surface area contributed by atoms with Gasteiger partial charge >= 0.3 is 6.03 Å². The maximum Gasteiger partial charge on any atom is 0.325 e. The van der Waals surface area contributed by atoms with Crippen molar-refractivity contribution < 1.29 is 19.1 Å². The van der Waals surface area contributed by atoms with Crippen LogP contribution in [0.25, 0.3) is 0 Å². The van der Waals surface area contributed by atoms with Crippen LogP contribution in [0.4, 0.5) is 4.79 Å². The molecule has 3 rings (SSSR count). The van der Waals surface area contributed by atoms with Crippen LogP contribution in [0.5, 0.6) is 5.75 Å². The number of rotatable bonds is 8. The molecule has 7 nitrogen and oxygen atoms in total. The van der Waals surface area contributed by atoms with E-state index in [1.54, 1.807) is 32.2 Å². The fraction of sp³-hybridized carbons (Fsp3) is 0.348. The number of imide groups is 1. The Bertz CT molecular complexity index is 1020. The molecule has 2 aromatic rings. The zero-order chi connectivity index (χ0) is 22.1. The fourth-order valence-corrected chi connectivity index (χ4v) is 3.96. The Morgan fingerprint density at radius 1 is 1.27 bits per heavy atom. The van der Waals surface area contributed by atoms with E-state index in [0.29, 0.717) is 17.9 Å². The number of amides is 3. The second-order valence-electron chi connectivity index (χ2n) is 7.75. The first-order valence-electron chi connectivity index (χ1n) is 9.78. The van der Waals surface area contributed by atoms with Gasteiger partial charge in [0.25, 0.3) is 5.91 Å². The van der Waals surface area contributed by atoms with E-state index in [0.717, 1.165) is 21.9 Å². The van der Waals surface area contributed by atoms with E-state index in [1.807, 2.05) is 36.6 Å². The molecule has 7 heteroatoms. The number of benzene rings is 1. The molecular formula is C23H27N3O4. The molecule has 0 saturated carbocycles. The number of aromatic nitrogens is 1. The molecule has 30 heavy (non-hydrogen) atoms. The minimum atomic E-state index is -1.15. The van der Waals surface area contributed by atoms with Crippen molar-refractivity contribution in [1.82, 2.24) is 14.8 Å². The summed E-state index contributed by atoms with van der Waals surface area (Å²) in [6.45, 7) is 9.45. The van der Waals surface area contributed by atoms with Crippen molar-refractivity contribution in [1.29, 1.82) is 0 Å². The number of Topliss-reactive ketones (excluding diaryl/α,β-unsaturated/α-hetero) is 1. The second-order valence-corrected chi connectivity index (χ2v) is 7.75. The van der Waals surface area contributed by atoms with Gasteiger partial charge in [0, 0.05) is 29.9 Å². The Morgan fingerprint density at radius 2 is 1.97 bits per heavy atom. The van der Waals surface area contributed by atoms with Crippen molar-refractivity contribution in [3.05, 3.63) is 65.5 Å². The highest BCUT2D eigenvalue weighted by molar-refractivity contribution is 6.11. The Morgan fingerprint density at radius 3 is 2.63 bits per heavy atom. The Balaban J connectivity index is 1.80. The number of aryl methyl sites for hydroxylation is 1. The lowest BCUT2D eigenvalue weighted by Gasteiger charge is -2.22. The first-order valence-corrected chi connectivity index (χ1v) is 9.78. The van der Waals surface area contributed by atoms with E-state index in [-0.39, 0.29) is 18.7 Å². The zero-order valence-corrected chi connectivity index (χ0v) is 17.8. The third-order valence-corrected chi connectivity index (χ3v) is 5.57. The van der Waals surface area contributed by atoms with Crippen LogP contribution >= 0.6 is 0 Å². The van der Waals surface area contributed by atoms with Gasteiger partial charge in [-0.25, -0.2) is 4.79 Å². The molecular weight excluding hydrogens is 382 g/mol. The third-order valence-electron chi connectivity index (χ3n) is 5.57. The summed E-state index contributed by atoms with van der Waals surface area (Å²) < 4.78 is 7.33. The van der Waals surface area contributed by atoms with Crippen molar-refractivity contribution >= 4 is 17.7 Å². The normalized spacial score (nSPS) is 18.5. The molecule has 1 aromatic heterocycles. The van der Waals surface area contributed by atoms with E-state index < -0.39 is 17.5 Å². The largest absolute Gasteiger partial charge is 0.496 e. The lowest BCUT2D eigenvalue weighted by molar-refractivity contribution is -0.130. The van der Waals surface area contributed by atoms with Gasteiger partial charge in [-0.1, -0.05) is 24.3 Å². The summed E-state index contributed by atoms with van der Waals surface area (Å²) in [5, 5.41) is 2.75. The number of ketones is 1. The number of para-hydroxylation sites is 1. The second kappa shape index (κ2) is 8.18. The summed E-state index contributed by atoms with van der Waals surface area (Å²) in [5.41, 5.74) is 1.88. The molecule has 0 aliphatic carbocycles. The van der Waals surface area contributed by atoms with E-state index in [9.17, 15) is 14.4 Å². The smallest absolute Gasteiger partial charge is 0.325 e. The quantitative estimate of drug-likeness (QED) is 0.413. The zero-order valence-electron chi connectivity index (χ0n) is 17.8. The summed E-state index contributed by atoms with van der Waals surface area (Å²) in [4.78, 5) is 39.6. The maximum absolute atomic E-state index is 13.1. The lowest BCUT2D eigenvalue weighted by Crippen LogP contribution is -2.46. The molecule has 0 bridgehead atoms. The molecule has 1 N–H and O–H groups in total. The molecule has 2 heterocycles. The average Bonchev–Trinajstić information content (AvgIpc) is 3.10. The summed E-state index contributed by atoms with van der Waals surface area (Å²) in [5.74, 6) is -0.0555. The number of allylic oxidation sites excluding steroid dienone is 1. The Labute approximate surface area is 176 Å². The van der Waals surface area contributed by atoms with Gasteiger partial charge in [-0.3, -0.25) is 14.5 Å². The highest BCUT2D eigenvalue weighted by atomic mass is 16.5. The highest BCUT2D eigenvalue weighted by Gasteiger charge is 2.48. The van der Waals surface area contributed by atoms with Crippen LogP contribution in [0.2, 0.25) is 0 Å². The van der Waals surface area contributed by atoms with Crippen molar-refractivity contribution in [2.24, 2.45) is 0 Å². The predicted molar refractivity (Wildman–Crippen MR) is 114 cm³/mol. The number of methoxy groups -OCH3 is 1. The van der Waals surface area contributed by atoms with Crippen molar-refractivity contribution in [3.63, 3.8) is 0 Å². The number of carbonyl (C=O) groups excluding carboxylic acids is 3. The first kappa shape index (κ1) is 21.4. The maximum atomic E-state index is 13.1. The van der Waals surface area contributed by atoms with E-state index in [2.05, 4.69) is 11.9 Å². The minimum absolute atomic E-state index is 0.264. The van der Waals surface area contributed by atoms with Gasteiger partial charge in [0.2, 0.25) is 0 Å². The summed E-state index contributed by atoms with van der Waals surface area (Å²) in [7, 11) is 1.56. The topological polar surface area (TPSA) is 80.6 Å².